The first kappa shape index (κ1) is 10.8. The van der Waals surface area contributed by atoms with Crippen LogP contribution in [0.15, 0.2) is 48.6 Å². The summed E-state index contributed by atoms with van der Waals surface area (Å²) in [6, 6.07) is 10.5. The van der Waals surface area contributed by atoms with E-state index < -0.39 is 0 Å². The van der Waals surface area contributed by atoms with E-state index in [1.165, 1.54) is 16.7 Å². The average Bonchev–Trinajstić information content (AvgIpc) is 2.27. The van der Waals surface area contributed by atoms with E-state index in [1.807, 2.05) is 12.1 Å². The number of rotatable bonds is 3. The van der Waals surface area contributed by atoms with E-state index in [0.717, 1.165) is 0 Å². The van der Waals surface area contributed by atoms with Gasteiger partial charge in [0.1, 0.15) is 0 Å². The highest BCUT2D eigenvalue weighted by atomic mass is 14.1. The molecule has 74 valence electrons. The summed E-state index contributed by atoms with van der Waals surface area (Å²) >= 11 is 0. The van der Waals surface area contributed by atoms with Gasteiger partial charge < -0.3 is 0 Å². The third-order valence-electron chi connectivity index (χ3n) is 2.83. The monoisotopic (exact) mass is 186 g/mol. The van der Waals surface area contributed by atoms with Crippen LogP contribution in [0.2, 0.25) is 0 Å². The standard InChI is InChI=1S/C14H18/c1-5-11(2)12(3)13(4)14-9-7-6-8-10-14/h5-11H,1H2,2-4H3/b13-12-. The van der Waals surface area contributed by atoms with Crippen molar-refractivity contribution in [2.24, 2.45) is 5.92 Å². The zero-order valence-corrected chi connectivity index (χ0v) is 9.25. The molecule has 0 aliphatic carbocycles. The van der Waals surface area contributed by atoms with E-state index in [4.69, 9.17) is 0 Å². The Balaban J connectivity index is 3.04. The summed E-state index contributed by atoms with van der Waals surface area (Å²) in [5, 5.41) is 0. The predicted molar refractivity (Wildman–Crippen MR) is 64.1 cm³/mol. The molecule has 14 heavy (non-hydrogen) atoms. The molecule has 0 aromatic heterocycles. The van der Waals surface area contributed by atoms with Gasteiger partial charge in [0.25, 0.3) is 0 Å². The van der Waals surface area contributed by atoms with Crippen molar-refractivity contribution in [3.8, 4) is 0 Å². The minimum absolute atomic E-state index is 0.454. The smallest absolute Gasteiger partial charge is 0.00512 e. The quantitative estimate of drug-likeness (QED) is 0.617. The summed E-state index contributed by atoms with van der Waals surface area (Å²) in [6.45, 7) is 10.3. The van der Waals surface area contributed by atoms with Gasteiger partial charge in [-0.1, -0.05) is 48.9 Å². The third kappa shape index (κ3) is 2.35. The molecular formula is C14H18. The molecule has 1 aromatic carbocycles. The van der Waals surface area contributed by atoms with Gasteiger partial charge in [-0.25, -0.2) is 0 Å². The van der Waals surface area contributed by atoms with Crippen LogP contribution in [0.1, 0.15) is 26.3 Å². The molecule has 1 aromatic rings. The number of benzene rings is 1. The van der Waals surface area contributed by atoms with Crippen molar-refractivity contribution in [2.45, 2.75) is 20.8 Å². The highest BCUT2D eigenvalue weighted by molar-refractivity contribution is 5.67. The van der Waals surface area contributed by atoms with Crippen molar-refractivity contribution in [3.63, 3.8) is 0 Å². The van der Waals surface area contributed by atoms with Crippen molar-refractivity contribution < 1.29 is 0 Å². The SMILES string of the molecule is C=CC(C)/C(C)=C(/C)c1ccccc1. The Hall–Kier alpha value is -1.30. The van der Waals surface area contributed by atoms with Crippen LogP contribution in [0.4, 0.5) is 0 Å². The van der Waals surface area contributed by atoms with Crippen molar-refractivity contribution in [1.82, 2.24) is 0 Å². The maximum Gasteiger partial charge on any atom is -0.00512 e. The van der Waals surface area contributed by atoms with E-state index in [0.29, 0.717) is 5.92 Å². The van der Waals surface area contributed by atoms with Gasteiger partial charge in [-0.15, -0.1) is 6.58 Å². The topological polar surface area (TPSA) is 0 Å². The summed E-state index contributed by atoms with van der Waals surface area (Å²) in [7, 11) is 0. The molecule has 0 heteroatoms. The van der Waals surface area contributed by atoms with Crippen LogP contribution < -0.4 is 0 Å². The molecule has 1 unspecified atom stereocenters. The van der Waals surface area contributed by atoms with Crippen LogP contribution in [0.25, 0.3) is 5.57 Å². The first-order valence-corrected chi connectivity index (χ1v) is 5.02. The van der Waals surface area contributed by atoms with Crippen molar-refractivity contribution >= 4 is 5.57 Å². The molecule has 0 radical (unpaired) electrons. The number of allylic oxidation sites excluding steroid dienone is 3. The molecule has 0 nitrogen and oxygen atoms in total. The minimum atomic E-state index is 0.454. The molecule has 1 atom stereocenters. The molecular weight excluding hydrogens is 168 g/mol. The van der Waals surface area contributed by atoms with Gasteiger partial charge in [0, 0.05) is 0 Å². The lowest BCUT2D eigenvalue weighted by Crippen LogP contribution is -1.94. The van der Waals surface area contributed by atoms with Crippen molar-refractivity contribution in [1.29, 1.82) is 0 Å². The molecule has 0 N–H and O–H groups in total. The molecule has 0 fully saturated rings. The molecule has 0 aliphatic rings. The van der Waals surface area contributed by atoms with E-state index in [-0.39, 0.29) is 0 Å². The zero-order chi connectivity index (χ0) is 10.6. The summed E-state index contributed by atoms with van der Waals surface area (Å²) < 4.78 is 0. The largest absolute Gasteiger partial charge is 0.102 e. The molecule has 0 aliphatic heterocycles. The van der Waals surface area contributed by atoms with Crippen LogP contribution in [0.5, 0.6) is 0 Å². The Labute approximate surface area is 87.0 Å². The molecule has 0 amide bonds. The number of hydrogen-bond donors (Lipinski definition) is 0. The molecule has 1 rings (SSSR count). The van der Waals surface area contributed by atoms with Gasteiger partial charge in [0.05, 0.1) is 0 Å². The fraction of sp³-hybridized carbons (Fsp3) is 0.286. The molecule has 0 saturated heterocycles. The first-order chi connectivity index (χ1) is 6.66. The van der Waals surface area contributed by atoms with E-state index in [2.05, 4.69) is 51.6 Å². The predicted octanol–water partition coefficient (Wildman–Crippen LogP) is 4.30. The van der Waals surface area contributed by atoms with Crippen LogP contribution >= 0.6 is 0 Å². The van der Waals surface area contributed by atoms with Crippen LogP contribution in [0.3, 0.4) is 0 Å². The maximum absolute atomic E-state index is 3.82. The van der Waals surface area contributed by atoms with E-state index in [1.54, 1.807) is 0 Å². The van der Waals surface area contributed by atoms with Gasteiger partial charge in [-0.2, -0.15) is 0 Å². The van der Waals surface area contributed by atoms with Crippen molar-refractivity contribution in [3.05, 3.63) is 54.1 Å². The molecule has 0 spiro atoms. The summed E-state index contributed by atoms with van der Waals surface area (Å²) in [5.74, 6) is 0.454. The molecule has 0 heterocycles. The van der Waals surface area contributed by atoms with Crippen LogP contribution in [-0.4, -0.2) is 0 Å². The van der Waals surface area contributed by atoms with Gasteiger partial charge in [-0.05, 0) is 30.9 Å². The van der Waals surface area contributed by atoms with Gasteiger partial charge in [0.2, 0.25) is 0 Å². The highest BCUT2D eigenvalue weighted by Gasteiger charge is 2.04. The maximum atomic E-state index is 3.82. The lowest BCUT2D eigenvalue weighted by atomic mass is 9.94. The lowest BCUT2D eigenvalue weighted by molar-refractivity contribution is 0.867. The third-order valence-corrected chi connectivity index (χ3v) is 2.83. The van der Waals surface area contributed by atoms with Crippen LogP contribution in [0, 0.1) is 5.92 Å². The average molecular weight is 186 g/mol. The Morgan fingerprint density at radius 1 is 1.21 bits per heavy atom. The normalized spacial score (nSPS) is 14.5. The molecule has 0 saturated carbocycles. The number of hydrogen-bond acceptors (Lipinski definition) is 0. The Morgan fingerprint density at radius 3 is 2.29 bits per heavy atom. The highest BCUT2D eigenvalue weighted by Crippen LogP contribution is 2.23. The van der Waals surface area contributed by atoms with Crippen molar-refractivity contribution in [2.75, 3.05) is 0 Å². The van der Waals surface area contributed by atoms with E-state index in [9.17, 15) is 0 Å². The zero-order valence-electron chi connectivity index (χ0n) is 9.25. The Kier molecular flexibility index (Phi) is 3.70. The fourth-order valence-corrected chi connectivity index (χ4v) is 1.43. The van der Waals surface area contributed by atoms with Crippen LogP contribution in [-0.2, 0) is 0 Å². The minimum Gasteiger partial charge on any atom is -0.102 e. The Bertz CT molecular complexity index is 330. The second-order valence-electron chi connectivity index (χ2n) is 3.70. The fourth-order valence-electron chi connectivity index (χ4n) is 1.43. The van der Waals surface area contributed by atoms with Gasteiger partial charge in [0.15, 0.2) is 0 Å². The van der Waals surface area contributed by atoms with E-state index >= 15 is 0 Å². The Morgan fingerprint density at radius 2 is 1.79 bits per heavy atom. The van der Waals surface area contributed by atoms with Gasteiger partial charge in [-0.3, -0.25) is 0 Å². The molecule has 0 bridgehead atoms. The second kappa shape index (κ2) is 4.80. The summed E-state index contributed by atoms with van der Waals surface area (Å²) in [4.78, 5) is 0. The lowest BCUT2D eigenvalue weighted by Gasteiger charge is -2.11. The second-order valence-corrected chi connectivity index (χ2v) is 3.70. The first-order valence-electron chi connectivity index (χ1n) is 5.02. The summed E-state index contributed by atoms with van der Waals surface area (Å²) in [6.07, 6.45) is 1.99. The van der Waals surface area contributed by atoms with Gasteiger partial charge >= 0.3 is 0 Å². The summed E-state index contributed by atoms with van der Waals surface area (Å²) in [5.41, 5.74) is 4.06.